The van der Waals surface area contributed by atoms with E-state index in [0.29, 0.717) is 5.95 Å². The summed E-state index contributed by atoms with van der Waals surface area (Å²) in [4.78, 5) is 20.8. The number of H-pyrrole nitrogens is 2. The van der Waals surface area contributed by atoms with Gasteiger partial charge in [-0.1, -0.05) is 43.7 Å². The smallest absolute Gasteiger partial charge is 0.227 e. The summed E-state index contributed by atoms with van der Waals surface area (Å²) in [6.07, 6.45) is 9.00. The Hall–Kier alpha value is -5.43. The van der Waals surface area contributed by atoms with Crippen molar-refractivity contribution in [1.29, 1.82) is 0 Å². The first-order valence-corrected chi connectivity index (χ1v) is 14.3. The van der Waals surface area contributed by atoms with Gasteiger partial charge in [-0.3, -0.25) is 0 Å². The van der Waals surface area contributed by atoms with Crippen LogP contribution in [-0.2, 0) is 6.42 Å². The molecule has 7 rings (SSSR count). The number of rotatable bonds is 9. The lowest BCUT2D eigenvalue weighted by Gasteiger charge is -2.12. The number of pyridine rings is 1. The van der Waals surface area contributed by atoms with Gasteiger partial charge in [0.05, 0.1) is 5.69 Å². The van der Waals surface area contributed by atoms with Crippen LogP contribution in [0.5, 0.6) is 0 Å². The van der Waals surface area contributed by atoms with Crippen molar-refractivity contribution in [2.75, 3.05) is 10.6 Å². The van der Waals surface area contributed by atoms with Gasteiger partial charge >= 0.3 is 0 Å². The molecule has 0 aliphatic carbocycles. The molecule has 0 saturated carbocycles. The normalized spacial score (nSPS) is 11.3. The number of hydrogen-bond donors (Lipinski definition) is 4. The van der Waals surface area contributed by atoms with Gasteiger partial charge in [-0.2, -0.15) is 0 Å². The first-order chi connectivity index (χ1) is 20.7. The van der Waals surface area contributed by atoms with E-state index in [4.69, 9.17) is 9.97 Å². The summed E-state index contributed by atoms with van der Waals surface area (Å²) in [7, 11) is 0. The zero-order valence-electron chi connectivity index (χ0n) is 23.4. The molecule has 7 nitrogen and oxygen atoms in total. The quantitative estimate of drug-likeness (QED) is 0.144. The number of fused-ring (bicyclic) bond motifs is 2. The van der Waals surface area contributed by atoms with Crippen LogP contribution in [0.2, 0.25) is 0 Å². The van der Waals surface area contributed by atoms with Crippen LogP contribution in [0.4, 0.5) is 23.1 Å². The van der Waals surface area contributed by atoms with E-state index >= 15 is 0 Å². The van der Waals surface area contributed by atoms with E-state index in [2.05, 4.69) is 105 Å². The van der Waals surface area contributed by atoms with Crippen LogP contribution in [0.1, 0.15) is 25.5 Å². The van der Waals surface area contributed by atoms with Crippen LogP contribution in [0.3, 0.4) is 0 Å². The fourth-order valence-electron chi connectivity index (χ4n) is 5.35. The molecule has 206 valence electrons. The third kappa shape index (κ3) is 5.32. The van der Waals surface area contributed by atoms with Gasteiger partial charge in [-0.05, 0) is 90.0 Å². The Kier molecular flexibility index (Phi) is 6.82. The molecular weight excluding hydrogens is 518 g/mol. The molecule has 42 heavy (non-hydrogen) atoms. The lowest BCUT2D eigenvalue weighted by molar-refractivity contribution is 0.777. The van der Waals surface area contributed by atoms with E-state index in [1.54, 1.807) is 6.20 Å². The molecule has 0 unspecified atom stereocenters. The molecule has 0 radical (unpaired) electrons. The fraction of sp³-hybridized carbons (Fsp3) is 0.114. The first kappa shape index (κ1) is 25.5. The molecule has 0 amide bonds. The van der Waals surface area contributed by atoms with Gasteiger partial charge < -0.3 is 20.6 Å². The molecule has 4 N–H and O–H groups in total. The Morgan fingerprint density at radius 1 is 0.714 bits per heavy atom. The zero-order chi connectivity index (χ0) is 28.3. The second kappa shape index (κ2) is 11.2. The standard InChI is InChI=1S/C35H31N7/c1-2-3-8-26-9-5-10-34(39-26)40-28-20-30(29-14-17-37-33(29)22-28)24-6-4-7-25(19-24)31-15-18-38-35(42-31)41-27-12-11-23-13-16-36-32(23)21-27/h4-7,9-22,36-37H,2-3,8H2,1H3,(H,39,40)(H,38,41,42). The van der Waals surface area contributed by atoms with Gasteiger partial charge in [0.15, 0.2) is 0 Å². The molecule has 0 aliphatic rings. The number of nitrogens with one attached hydrogen (secondary N) is 4. The zero-order valence-corrected chi connectivity index (χ0v) is 23.4. The van der Waals surface area contributed by atoms with E-state index in [-0.39, 0.29) is 0 Å². The SMILES string of the molecule is CCCCc1cccc(Nc2cc(-c3cccc(-c4ccnc(Nc5ccc6cc[nH]c6c5)n4)c3)c3cc[nH]c3c2)n1. The molecule has 7 heteroatoms. The predicted octanol–water partition coefficient (Wildman–Crippen LogP) is 9.00. The van der Waals surface area contributed by atoms with Crippen LogP contribution < -0.4 is 10.6 Å². The summed E-state index contributed by atoms with van der Waals surface area (Å²) < 4.78 is 0. The number of aromatic nitrogens is 5. The maximum Gasteiger partial charge on any atom is 0.227 e. The number of benzene rings is 3. The number of nitrogens with zero attached hydrogens (tertiary/aromatic N) is 3. The molecule has 7 aromatic rings. The van der Waals surface area contributed by atoms with Gasteiger partial charge in [0.1, 0.15) is 5.82 Å². The summed E-state index contributed by atoms with van der Waals surface area (Å²) in [5, 5.41) is 9.21. The highest BCUT2D eigenvalue weighted by Crippen LogP contribution is 2.34. The molecule has 4 heterocycles. The Morgan fingerprint density at radius 2 is 1.57 bits per heavy atom. The second-order valence-corrected chi connectivity index (χ2v) is 10.5. The van der Waals surface area contributed by atoms with Gasteiger partial charge in [0, 0.05) is 57.6 Å². The Bertz CT molecular complexity index is 2000. The van der Waals surface area contributed by atoms with Crippen LogP contribution in [0.25, 0.3) is 44.2 Å². The molecule has 3 aromatic carbocycles. The molecule has 4 aromatic heterocycles. The van der Waals surface area contributed by atoms with Crippen molar-refractivity contribution in [3.63, 3.8) is 0 Å². The highest BCUT2D eigenvalue weighted by molar-refractivity contribution is 5.98. The van der Waals surface area contributed by atoms with E-state index in [0.717, 1.165) is 81.0 Å². The Balaban J connectivity index is 1.19. The van der Waals surface area contributed by atoms with Crippen molar-refractivity contribution in [2.45, 2.75) is 26.2 Å². The van der Waals surface area contributed by atoms with Crippen LogP contribution in [0.15, 0.2) is 110 Å². The summed E-state index contributed by atoms with van der Waals surface area (Å²) in [5.41, 5.74) is 9.26. The van der Waals surface area contributed by atoms with Crippen LogP contribution >= 0.6 is 0 Å². The Labute approximate surface area is 244 Å². The second-order valence-electron chi connectivity index (χ2n) is 10.5. The summed E-state index contributed by atoms with van der Waals surface area (Å²) >= 11 is 0. The fourth-order valence-corrected chi connectivity index (χ4v) is 5.35. The largest absolute Gasteiger partial charge is 0.361 e. The van der Waals surface area contributed by atoms with Gasteiger partial charge in [-0.15, -0.1) is 0 Å². The van der Waals surface area contributed by atoms with E-state index in [1.807, 2.05) is 30.6 Å². The van der Waals surface area contributed by atoms with E-state index in [9.17, 15) is 0 Å². The first-order valence-electron chi connectivity index (χ1n) is 14.3. The topological polar surface area (TPSA) is 94.3 Å². The van der Waals surface area contributed by atoms with Crippen molar-refractivity contribution >= 4 is 44.9 Å². The van der Waals surface area contributed by atoms with Crippen molar-refractivity contribution in [3.8, 4) is 22.4 Å². The monoisotopic (exact) mass is 549 g/mol. The molecule has 0 bridgehead atoms. The molecule has 0 saturated heterocycles. The maximum absolute atomic E-state index is 4.84. The predicted molar refractivity (Wildman–Crippen MR) is 172 cm³/mol. The van der Waals surface area contributed by atoms with Crippen molar-refractivity contribution in [3.05, 3.63) is 115 Å². The molecular formula is C35H31N7. The lowest BCUT2D eigenvalue weighted by atomic mass is 9.98. The minimum Gasteiger partial charge on any atom is -0.361 e. The molecule has 0 spiro atoms. The Morgan fingerprint density at radius 3 is 2.52 bits per heavy atom. The number of anilines is 4. The molecule has 0 fully saturated rings. The van der Waals surface area contributed by atoms with E-state index < -0.39 is 0 Å². The minimum atomic E-state index is 0.552. The number of unbranched alkanes of at least 4 members (excludes halogenated alkanes) is 1. The van der Waals surface area contributed by atoms with E-state index in [1.165, 1.54) is 5.39 Å². The highest BCUT2D eigenvalue weighted by Gasteiger charge is 2.11. The third-order valence-electron chi connectivity index (χ3n) is 7.47. The minimum absolute atomic E-state index is 0.552. The maximum atomic E-state index is 4.84. The molecule has 0 aliphatic heterocycles. The summed E-state index contributed by atoms with van der Waals surface area (Å²) in [6.45, 7) is 2.20. The lowest BCUT2D eigenvalue weighted by Crippen LogP contribution is -1.98. The average Bonchev–Trinajstić information content (AvgIpc) is 3.70. The third-order valence-corrected chi connectivity index (χ3v) is 7.47. The highest BCUT2D eigenvalue weighted by atomic mass is 15.1. The van der Waals surface area contributed by atoms with Gasteiger partial charge in [0.25, 0.3) is 0 Å². The summed E-state index contributed by atoms with van der Waals surface area (Å²) in [5.74, 6) is 1.40. The van der Waals surface area contributed by atoms with Crippen LogP contribution in [0, 0.1) is 0 Å². The van der Waals surface area contributed by atoms with Gasteiger partial charge in [0.2, 0.25) is 5.95 Å². The van der Waals surface area contributed by atoms with Crippen molar-refractivity contribution in [1.82, 2.24) is 24.9 Å². The summed E-state index contributed by atoms with van der Waals surface area (Å²) in [6, 6.07) is 31.3. The average molecular weight is 550 g/mol. The van der Waals surface area contributed by atoms with Gasteiger partial charge in [-0.25, -0.2) is 15.0 Å². The molecule has 0 atom stereocenters. The van der Waals surface area contributed by atoms with Crippen LogP contribution in [-0.4, -0.2) is 24.9 Å². The number of aryl methyl sites for hydroxylation is 1. The number of aromatic amines is 2. The van der Waals surface area contributed by atoms with Crippen molar-refractivity contribution < 1.29 is 0 Å². The number of hydrogen-bond acceptors (Lipinski definition) is 5. The van der Waals surface area contributed by atoms with Crippen molar-refractivity contribution in [2.24, 2.45) is 0 Å².